The average molecular weight is 423 g/mol. The third-order valence-electron chi connectivity index (χ3n) is 5.38. The van der Waals surface area contributed by atoms with Gasteiger partial charge in [-0.05, 0) is 44.5 Å². The third kappa shape index (κ3) is 4.94. The van der Waals surface area contributed by atoms with Gasteiger partial charge in [-0.25, -0.2) is 9.78 Å². The Labute approximate surface area is 182 Å². The monoisotopic (exact) mass is 422 g/mol. The first kappa shape index (κ1) is 22.5. The van der Waals surface area contributed by atoms with Crippen molar-refractivity contribution in [2.24, 2.45) is 0 Å². The second kappa shape index (κ2) is 10.2. The number of nitrogens with one attached hydrogen (secondary N) is 1. The fourth-order valence-electron chi connectivity index (χ4n) is 3.72. The van der Waals surface area contributed by atoms with Crippen LogP contribution in [-0.4, -0.2) is 40.7 Å². The lowest BCUT2D eigenvalue weighted by atomic mass is 10.1. The number of ether oxygens (including phenoxy) is 1. The maximum absolute atomic E-state index is 13.2. The van der Waals surface area contributed by atoms with Crippen LogP contribution >= 0.6 is 0 Å². The number of anilines is 1. The summed E-state index contributed by atoms with van der Waals surface area (Å²) in [5, 5.41) is 3.53. The quantitative estimate of drug-likeness (QED) is 0.585. The molecule has 2 amide bonds. The molecule has 1 heterocycles. The molecule has 0 radical (unpaired) electrons. The minimum atomic E-state index is -0.357. The molecule has 7 heteroatoms. The minimum Gasteiger partial charge on any atom is -0.383 e. The average Bonchev–Trinajstić information content (AvgIpc) is 2.78. The summed E-state index contributed by atoms with van der Waals surface area (Å²) in [5.74, 6) is 0.573. The Morgan fingerprint density at radius 3 is 2.52 bits per heavy atom. The normalized spacial score (nSPS) is 12.0. The highest BCUT2D eigenvalue weighted by Crippen LogP contribution is 2.25. The van der Waals surface area contributed by atoms with Crippen molar-refractivity contribution in [2.45, 2.75) is 39.8 Å². The number of carbonyl (C=O) groups is 1. The number of amides is 2. The molecule has 1 N–H and O–H groups in total. The van der Waals surface area contributed by atoms with E-state index in [2.05, 4.69) is 5.32 Å². The van der Waals surface area contributed by atoms with E-state index in [1.165, 1.54) is 0 Å². The summed E-state index contributed by atoms with van der Waals surface area (Å²) in [4.78, 5) is 32.9. The molecule has 0 fully saturated rings. The minimum absolute atomic E-state index is 0.119. The van der Waals surface area contributed by atoms with Crippen molar-refractivity contribution in [1.82, 2.24) is 14.5 Å². The van der Waals surface area contributed by atoms with E-state index in [1.54, 1.807) is 22.6 Å². The van der Waals surface area contributed by atoms with Gasteiger partial charge >= 0.3 is 6.03 Å². The van der Waals surface area contributed by atoms with Gasteiger partial charge in [-0.3, -0.25) is 9.36 Å². The fourth-order valence-corrected chi connectivity index (χ4v) is 3.72. The highest BCUT2D eigenvalue weighted by Gasteiger charge is 2.27. The van der Waals surface area contributed by atoms with Crippen LogP contribution in [0.2, 0.25) is 0 Å². The largest absolute Gasteiger partial charge is 0.383 e. The lowest BCUT2D eigenvalue weighted by Crippen LogP contribution is -2.41. The zero-order valence-electron chi connectivity index (χ0n) is 18.6. The van der Waals surface area contributed by atoms with Gasteiger partial charge in [0, 0.05) is 19.3 Å². The molecule has 0 bridgehead atoms. The zero-order valence-corrected chi connectivity index (χ0v) is 18.6. The molecule has 0 saturated heterocycles. The molecule has 1 unspecified atom stereocenters. The predicted molar refractivity (Wildman–Crippen MR) is 123 cm³/mol. The van der Waals surface area contributed by atoms with Crippen LogP contribution in [0.15, 0.2) is 53.3 Å². The molecule has 0 saturated carbocycles. The number of hydrogen-bond donors (Lipinski definition) is 1. The van der Waals surface area contributed by atoms with Crippen molar-refractivity contribution >= 4 is 22.6 Å². The van der Waals surface area contributed by atoms with Gasteiger partial charge in [-0.2, -0.15) is 0 Å². The first-order valence-corrected chi connectivity index (χ1v) is 10.6. The Morgan fingerprint density at radius 2 is 1.87 bits per heavy atom. The molecule has 31 heavy (non-hydrogen) atoms. The van der Waals surface area contributed by atoms with E-state index in [9.17, 15) is 9.59 Å². The van der Waals surface area contributed by atoms with E-state index in [-0.39, 0.29) is 17.6 Å². The number of para-hydroxylation sites is 1. The Bertz CT molecular complexity index is 1090. The van der Waals surface area contributed by atoms with Crippen molar-refractivity contribution in [1.29, 1.82) is 0 Å². The van der Waals surface area contributed by atoms with Crippen LogP contribution in [0.4, 0.5) is 10.5 Å². The molecule has 0 spiro atoms. The van der Waals surface area contributed by atoms with E-state index in [1.807, 2.05) is 63.2 Å². The van der Waals surface area contributed by atoms with Crippen LogP contribution in [0.25, 0.3) is 10.9 Å². The van der Waals surface area contributed by atoms with Crippen molar-refractivity contribution in [3.05, 3.63) is 70.3 Å². The Hall–Kier alpha value is -3.19. The van der Waals surface area contributed by atoms with E-state index < -0.39 is 0 Å². The number of fused-ring (bicyclic) bond motifs is 1. The van der Waals surface area contributed by atoms with E-state index in [4.69, 9.17) is 9.72 Å². The maximum atomic E-state index is 13.2. The number of aromatic nitrogens is 2. The molecule has 0 aliphatic rings. The third-order valence-corrected chi connectivity index (χ3v) is 5.38. The van der Waals surface area contributed by atoms with Crippen molar-refractivity contribution < 1.29 is 9.53 Å². The summed E-state index contributed by atoms with van der Waals surface area (Å²) in [5.41, 5.74) is 2.36. The maximum Gasteiger partial charge on any atom is 0.322 e. The number of hydrogen-bond acceptors (Lipinski definition) is 4. The summed E-state index contributed by atoms with van der Waals surface area (Å²) in [6.45, 7) is 7.15. The van der Waals surface area contributed by atoms with Gasteiger partial charge in [-0.15, -0.1) is 0 Å². The van der Waals surface area contributed by atoms with Crippen molar-refractivity contribution in [3.8, 4) is 0 Å². The smallest absolute Gasteiger partial charge is 0.322 e. The van der Waals surface area contributed by atoms with Crippen molar-refractivity contribution in [3.63, 3.8) is 0 Å². The molecule has 1 aromatic heterocycles. The van der Waals surface area contributed by atoms with E-state index in [0.29, 0.717) is 42.8 Å². The van der Waals surface area contributed by atoms with Gasteiger partial charge in [0.05, 0.1) is 30.1 Å². The van der Waals surface area contributed by atoms with Gasteiger partial charge in [0.25, 0.3) is 5.56 Å². The van der Waals surface area contributed by atoms with Crippen LogP contribution in [0.3, 0.4) is 0 Å². The number of rotatable bonds is 8. The summed E-state index contributed by atoms with van der Waals surface area (Å²) in [7, 11) is 1.60. The summed E-state index contributed by atoms with van der Waals surface area (Å²) >= 11 is 0. The summed E-state index contributed by atoms with van der Waals surface area (Å²) in [6.07, 6.45) is 0.618. The van der Waals surface area contributed by atoms with Crippen LogP contribution < -0.4 is 10.9 Å². The van der Waals surface area contributed by atoms with E-state index in [0.717, 1.165) is 11.3 Å². The summed E-state index contributed by atoms with van der Waals surface area (Å²) in [6, 6.07) is 14.4. The molecule has 3 rings (SSSR count). The molecule has 164 valence electrons. The second-order valence-electron chi connectivity index (χ2n) is 7.44. The highest BCUT2D eigenvalue weighted by molar-refractivity contribution is 5.89. The lowest BCUT2D eigenvalue weighted by molar-refractivity contribution is 0.172. The Kier molecular flexibility index (Phi) is 7.41. The predicted octanol–water partition coefficient (Wildman–Crippen LogP) is 4.36. The van der Waals surface area contributed by atoms with Gasteiger partial charge in [0.1, 0.15) is 5.82 Å². The van der Waals surface area contributed by atoms with Crippen LogP contribution in [-0.2, 0) is 11.3 Å². The fraction of sp³-hybridized carbons (Fsp3) is 0.375. The summed E-state index contributed by atoms with van der Waals surface area (Å²) < 4.78 is 6.86. The number of carbonyl (C=O) groups excluding carboxylic acids is 1. The SMILES string of the molecule is CCC(c1nc2ccccc2c(=O)n1CCOC)N(CC)C(=O)Nc1ccc(C)cc1. The zero-order chi connectivity index (χ0) is 22.4. The topological polar surface area (TPSA) is 76.5 Å². The number of benzene rings is 2. The van der Waals surface area contributed by atoms with Gasteiger partial charge in [-0.1, -0.05) is 36.8 Å². The van der Waals surface area contributed by atoms with Crippen LogP contribution in [0.5, 0.6) is 0 Å². The molecule has 7 nitrogen and oxygen atoms in total. The second-order valence-corrected chi connectivity index (χ2v) is 7.44. The van der Waals surface area contributed by atoms with Crippen LogP contribution in [0.1, 0.15) is 37.7 Å². The lowest BCUT2D eigenvalue weighted by Gasteiger charge is -2.31. The standard InChI is InChI=1S/C24H30N4O3/c1-5-21(27(6-2)24(30)25-18-13-11-17(3)12-14-18)22-26-20-10-8-7-9-19(20)23(29)28(22)15-16-31-4/h7-14,21H,5-6,15-16H2,1-4H3,(H,25,30). The molecule has 0 aliphatic carbocycles. The Balaban J connectivity index is 2.02. The molecule has 3 aromatic rings. The van der Waals surface area contributed by atoms with Gasteiger partial charge < -0.3 is 15.0 Å². The van der Waals surface area contributed by atoms with Crippen molar-refractivity contribution in [2.75, 3.05) is 25.6 Å². The first-order valence-electron chi connectivity index (χ1n) is 10.6. The molecule has 0 aliphatic heterocycles. The molecular weight excluding hydrogens is 392 g/mol. The van der Waals surface area contributed by atoms with Gasteiger partial charge in [0.2, 0.25) is 0 Å². The van der Waals surface area contributed by atoms with Gasteiger partial charge in [0.15, 0.2) is 0 Å². The molecule has 2 aromatic carbocycles. The molecular formula is C24H30N4O3. The molecule has 1 atom stereocenters. The Morgan fingerprint density at radius 1 is 1.16 bits per heavy atom. The van der Waals surface area contributed by atoms with E-state index >= 15 is 0 Å². The first-order chi connectivity index (χ1) is 15.0. The number of urea groups is 1. The number of methoxy groups -OCH3 is 1. The number of aryl methyl sites for hydroxylation is 1. The highest BCUT2D eigenvalue weighted by atomic mass is 16.5. The number of nitrogens with zero attached hydrogens (tertiary/aromatic N) is 3. The van der Waals surface area contributed by atoms with Crippen LogP contribution in [0, 0.1) is 6.92 Å².